The fourth-order valence-electron chi connectivity index (χ4n) is 1.13. The molecule has 0 spiro atoms. The van der Waals surface area contributed by atoms with Gasteiger partial charge in [0, 0.05) is 5.25 Å². The highest BCUT2D eigenvalue weighted by Gasteiger charge is 2.48. The molecule has 15 heavy (non-hydrogen) atoms. The zero-order valence-corrected chi connectivity index (χ0v) is 11.0. The molecule has 0 bridgehead atoms. The van der Waals surface area contributed by atoms with E-state index in [1.165, 1.54) is 17.8 Å². The lowest BCUT2D eigenvalue weighted by molar-refractivity contribution is -0.141. The number of carboxylic acid groups (broad SMARTS) is 1. The van der Waals surface area contributed by atoms with E-state index in [1.54, 1.807) is 0 Å². The molecule has 0 amide bonds. The van der Waals surface area contributed by atoms with Gasteiger partial charge in [-0.05, 0) is 34.8 Å². The number of halogens is 1. The summed E-state index contributed by atoms with van der Waals surface area (Å²) in [7, 11) is 0. The van der Waals surface area contributed by atoms with Crippen molar-refractivity contribution >= 4 is 38.8 Å². The summed E-state index contributed by atoms with van der Waals surface area (Å²) in [6.07, 6.45) is 2.78. The highest BCUT2D eigenvalue weighted by molar-refractivity contribution is 9.12. The highest BCUT2D eigenvalue weighted by atomic mass is 79.9. The molecular formula is C10H13BrO3S. The number of carbonyl (C=O) groups excluding carboxylic acids is 1. The Hall–Kier alpha value is -0.290. The van der Waals surface area contributed by atoms with Gasteiger partial charge in [-0.3, -0.25) is 9.59 Å². The first-order valence-electron chi connectivity index (χ1n) is 4.70. The molecule has 0 saturated heterocycles. The van der Waals surface area contributed by atoms with Gasteiger partial charge in [-0.2, -0.15) is 0 Å². The van der Waals surface area contributed by atoms with E-state index in [0.717, 1.165) is 0 Å². The fourth-order valence-corrected chi connectivity index (χ4v) is 2.44. The van der Waals surface area contributed by atoms with Crippen LogP contribution >= 0.6 is 27.7 Å². The minimum atomic E-state index is -0.846. The van der Waals surface area contributed by atoms with E-state index in [2.05, 4.69) is 15.9 Å². The molecule has 84 valence electrons. The maximum absolute atomic E-state index is 11.5. The monoisotopic (exact) mass is 292 g/mol. The Balaban J connectivity index is 2.68. The molecule has 0 radical (unpaired) electrons. The molecule has 3 nitrogen and oxygen atoms in total. The first kappa shape index (κ1) is 12.8. The van der Waals surface area contributed by atoms with E-state index in [9.17, 15) is 9.59 Å². The Kier molecular flexibility index (Phi) is 4.00. The van der Waals surface area contributed by atoms with Crippen LogP contribution in [0.15, 0.2) is 10.6 Å². The number of aliphatic carboxylic acids is 1. The average Bonchev–Trinajstić information content (AvgIpc) is 2.84. The van der Waals surface area contributed by atoms with Crippen LogP contribution in [-0.2, 0) is 9.59 Å². The summed E-state index contributed by atoms with van der Waals surface area (Å²) in [4.78, 5) is 22.4. The van der Waals surface area contributed by atoms with Gasteiger partial charge in [-0.25, -0.2) is 0 Å². The molecule has 0 heterocycles. The van der Waals surface area contributed by atoms with Crippen LogP contribution in [-0.4, -0.2) is 21.4 Å². The van der Waals surface area contributed by atoms with Gasteiger partial charge in [0.25, 0.3) is 0 Å². The predicted molar refractivity (Wildman–Crippen MR) is 64.0 cm³/mol. The van der Waals surface area contributed by atoms with Gasteiger partial charge in [-0.1, -0.05) is 25.6 Å². The van der Waals surface area contributed by atoms with E-state index < -0.39 is 11.4 Å². The summed E-state index contributed by atoms with van der Waals surface area (Å²) in [6.45, 7) is 3.85. The van der Waals surface area contributed by atoms with Gasteiger partial charge in [-0.15, -0.1) is 0 Å². The van der Waals surface area contributed by atoms with E-state index in [1.807, 2.05) is 13.8 Å². The van der Waals surface area contributed by atoms with Crippen molar-refractivity contribution in [2.24, 2.45) is 5.41 Å². The van der Waals surface area contributed by atoms with Crippen LogP contribution < -0.4 is 0 Å². The van der Waals surface area contributed by atoms with Crippen molar-refractivity contribution < 1.29 is 14.7 Å². The molecule has 0 aromatic rings. The van der Waals surface area contributed by atoms with Crippen LogP contribution in [0.3, 0.4) is 0 Å². The zero-order valence-electron chi connectivity index (χ0n) is 8.62. The predicted octanol–water partition coefficient (Wildman–Crippen LogP) is 2.80. The first-order valence-corrected chi connectivity index (χ1v) is 6.37. The molecule has 0 aliphatic heterocycles. The average molecular weight is 293 g/mol. The molecule has 5 heteroatoms. The minimum Gasteiger partial charge on any atom is -0.481 e. The molecule has 0 atom stereocenters. The summed E-state index contributed by atoms with van der Waals surface area (Å²) in [5.74, 6) is -0.846. The lowest BCUT2D eigenvalue weighted by atomic mass is 10.1. The number of rotatable bonds is 4. The SMILES string of the molecule is CC(C)SC(=O)C(Br)=CC1(C(=O)O)CC1. The largest absolute Gasteiger partial charge is 0.481 e. The summed E-state index contributed by atoms with van der Waals surface area (Å²) >= 11 is 4.34. The van der Waals surface area contributed by atoms with E-state index in [-0.39, 0.29) is 10.4 Å². The van der Waals surface area contributed by atoms with Gasteiger partial charge >= 0.3 is 5.97 Å². The lowest BCUT2D eigenvalue weighted by Crippen LogP contribution is -2.13. The van der Waals surface area contributed by atoms with Crippen molar-refractivity contribution in [1.82, 2.24) is 0 Å². The minimum absolute atomic E-state index is 0.0995. The van der Waals surface area contributed by atoms with Gasteiger partial charge < -0.3 is 5.11 Å². The smallest absolute Gasteiger partial charge is 0.313 e. The topological polar surface area (TPSA) is 54.4 Å². The molecule has 1 N–H and O–H groups in total. The third kappa shape index (κ3) is 3.34. The third-order valence-electron chi connectivity index (χ3n) is 2.16. The van der Waals surface area contributed by atoms with Gasteiger partial charge in [0.2, 0.25) is 5.12 Å². The standard InChI is InChI=1S/C10H13BrO3S/c1-6(2)15-8(12)7(11)5-10(3-4-10)9(13)14/h5-6H,3-4H2,1-2H3,(H,13,14). The molecule has 1 saturated carbocycles. The van der Waals surface area contributed by atoms with Crippen molar-refractivity contribution in [1.29, 1.82) is 0 Å². The van der Waals surface area contributed by atoms with Crippen molar-refractivity contribution in [2.75, 3.05) is 0 Å². The molecule has 1 fully saturated rings. The van der Waals surface area contributed by atoms with Gasteiger partial charge in [0.15, 0.2) is 0 Å². The van der Waals surface area contributed by atoms with E-state index in [4.69, 9.17) is 5.11 Å². The quantitative estimate of drug-likeness (QED) is 0.810. The number of hydrogen-bond acceptors (Lipinski definition) is 3. The summed E-state index contributed by atoms with van der Waals surface area (Å²) in [5, 5.41) is 9.04. The molecule has 1 rings (SSSR count). The second-order valence-corrected chi connectivity index (χ2v) is 6.31. The summed E-state index contributed by atoms with van der Waals surface area (Å²) in [6, 6.07) is 0. The second-order valence-electron chi connectivity index (χ2n) is 3.91. The highest BCUT2D eigenvalue weighted by Crippen LogP contribution is 2.48. The van der Waals surface area contributed by atoms with Crippen LogP contribution in [0.4, 0.5) is 0 Å². The molecule has 0 unspecified atom stereocenters. The van der Waals surface area contributed by atoms with E-state index in [0.29, 0.717) is 17.3 Å². The second kappa shape index (κ2) is 4.70. The summed E-state index contributed by atoms with van der Waals surface area (Å²) in [5.41, 5.74) is -0.786. The van der Waals surface area contributed by atoms with Crippen molar-refractivity contribution in [3.63, 3.8) is 0 Å². The van der Waals surface area contributed by atoms with Crippen molar-refractivity contribution in [3.8, 4) is 0 Å². The van der Waals surface area contributed by atoms with Crippen LogP contribution in [0.25, 0.3) is 0 Å². The number of carbonyl (C=O) groups is 2. The van der Waals surface area contributed by atoms with Gasteiger partial charge in [0.05, 0.1) is 9.90 Å². The molecule has 0 aromatic heterocycles. The molecule has 1 aliphatic carbocycles. The maximum Gasteiger partial charge on any atom is 0.313 e. The Labute approximate surface area is 101 Å². The summed E-state index contributed by atoms with van der Waals surface area (Å²) < 4.78 is 0.376. The van der Waals surface area contributed by atoms with Crippen molar-refractivity contribution in [2.45, 2.75) is 31.9 Å². The lowest BCUT2D eigenvalue weighted by Gasteiger charge is -2.06. The Morgan fingerprint density at radius 2 is 2.00 bits per heavy atom. The number of hydrogen-bond donors (Lipinski definition) is 1. The zero-order chi connectivity index (χ0) is 11.6. The van der Waals surface area contributed by atoms with Crippen LogP contribution in [0.2, 0.25) is 0 Å². The normalized spacial score (nSPS) is 19.1. The maximum atomic E-state index is 11.5. The first-order chi connectivity index (χ1) is 6.87. The van der Waals surface area contributed by atoms with Crippen LogP contribution in [0.1, 0.15) is 26.7 Å². The Bertz CT molecular complexity index is 319. The third-order valence-corrected chi connectivity index (χ3v) is 3.91. The number of thioether (sulfide) groups is 1. The molecule has 1 aliphatic rings. The van der Waals surface area contributed by atoms with Crippen LogP contribution in [0, 0.1) is 5.41 Å². The van der Waals surface area contributed by atoms with Gasteiger partial charge in [0.1, 0.15) is 0 Å². The Morgan fingerprint density at radius 3 is 2.33 bits per heavy atom. The van der Waals surface area contributed by atoms with E-state index >= 15 is 0 Å². The fraction of sp³-hybridized carbons (Fsp3) is 0.600. The Morgan fingerprint density at radius 1 is 1.47 bits per heavy atom. The van der Waals surface area contributed by atoms with Crippen molar-refractivity contribution in [3.05, 3.63) is 10.6 Å². The number of carboxylic acids is 1. The molecular weight excluding hydrogens is 280 g/mol. The molecule has 0 aromatic carbocycles. The van der Waals surface area contributed by atoms with Crippen LogP contribution in [0.5, 0.6) is 0 Å².